The highest BCUT2D eigenvalue weighted by atomic mass is 16.4. The van der Waals surface area contributed by atoms with Crippen LogP contribution in [-0.2, 0) is 4.79 Å². The summed E-state index contributed by atoms with van der Waals surface area (Å²) in [7, 11) is 0. The van der Waals surface area contributed by atoms with E-state index in [-0.39, 0.29) is 13.0 Å². The Balaban J connectivity index is 2.70. The molecule has 0 bridgehead atoms. The number of aliphatic hydroxyl groups is 4. The molecule has 1 aliphatic carbocycles. The van der Waals surface area contributed by atoms with E-state index < -0.39 is 30.0 Å². The van der Waals surface area contributed by atoms with Crippen molar-refractivity contribution in [2.24, 2.45) is 5.92 Å². The molecule has 0 saturated heterocycles. The first kappa shape index (κ1) is 9.60. The zero-order chi connectivity index (χ0) is 9.30. The second kappa shape index (κ2) is 3.49. The maximum Gasteiger partial charge on any atom is 0.164 e. The van der Waals surface area contributed by atoms with Crippen LogP contribution in [0, 0.1) is 5.92 Å². The van der Waals surface area contributed by atoms with Gasteiger partial charge in [-0.25, -0.2) is 0 Å². The minimum Gasteiger partial charge on any atom is -0.396 e. The van der Waals surface area contributed by atoms with Gasteiger partial charge in [0, 0.05) is 18.9 Å². The van der Waals surface area contributed by atoms with E-state index in [9.17, 15) is 9.90 Å². The quantitative estimate of drug-likeness (QED) is 0.358. The lowest BCUT2D eigenvalue weighted by molar-refractivity contribution is -0.156. The number of rotatable bonds is 1. The third kappa shape index (κ3) is 1.49. The Labute approximate surface area is 69.3 Å². The smallest absolute Gasteiger partial charge is 0.164 e. The number of Topliss-reactive ketones (excluding diaryl/α,β-unsaturated/α-hetero) is 1. The van der Waals surface area contributed by atoms with Crippen LogP contribution in [0.3, 0.4) is 0 Å². The first-order valence-corrected chi connectivity index (χ1v) is 3.75. The van der Waals surface area contributed by atoms with E-state index >= 15 is 0 Å². The van der Waals surface area contributed by atoms with Gasteiger partial charge in [0.15, 0.2) is 5.78 Å². The molecule has 1 fully saturated rings. The third-order valence-corrected chi connectivity index (χ3v) is 2.18. The highest BCUT2D eigenvalue weighted by Gasteiger charge is 2.41. The zero-order valence-corrected chi connectivity index (χ0v) is 6.42. The van der Waals surface area contributed by atoms with Gasteiger partial charge in [-0.05, 0) is 0 Å². The summed E-state index contributed by atoms with van der Waals surface area (Å²) in [6, 6.07) is 0. The average molecular weight is 176 g/mol. The predicted molar refractivity (Wildman–Crippen MR) is 38.2 cm³/mol. The summed E-state index contributed by atoms with van der Waals surface area (Å²) in [5.74, 6) is -1.19. The van der Waals surface area contributed by atoms with E-state index in [0.717, 1.165) is 0 Å². The molecule has 1 aliphatic rings. The fourth-order valence-electron chi connectivity index (χ4n) is 1.33. The van der Waals surface area contributed by atoms with Gasteiger partial charge in [0.1, 0.15) is 12.2 Å². The Morgan fingerprint density at radius 2 is 1.83 bits per heavy atom. The van der Waals surface area contributed by atoms with Crippen LogP contribution in [0.5, 0.6) is 0 Å². The van der Waals surface area contributed by atoms with Crippen LogP contribution < -0.4 is 0 Å². The Hall–Kier alpha value is -0.490. The van der Waals surface area contributed by atoms with Crippen molar-refractivity contribution in [3.8, 4) is 0 Å². The maximum absolute atomic E-state index is 10.9. The van der Waals surface area contributed by atoms with Crippen molar-refractivity contribution in [3.63, 3.8) is 0 Å². The molecule has 0 aromatic heterocycles. The molecule has 0 amide bonds. The van der Waals surface area contributed by atoms with Gasteiger partial charge in [0.25, 0.3) is 0 Å². The van der Waals surface area contributed by atoms with Gasteiger partial charge in [-0.2, -0.15) is 0 Å². The van der Waals surface area contributed by atoms with Crippen LogP contribution in [0.4, 0.5) is 0 Å². The number of hydrogen-bond acceptors (Lipinski definition) is 5. The summed E-state index contributed by atoms with van der Waals surface area (Å²) < 4.78 is 0. The first-order chi connectivity index (χ1) is 5.57. The molecule has 0 unspecified atom stereocenters. The van der Waals surface area contributed by atoms with Gasteiger partial charge in [-0.3, -0.25) is 4.79 Å². The monoisotopic (exact) mass is 176 g/mol. The van der Waals surface area contributed by atoms with Crippen molar-refractivity contribution in [1.29, 1.82) is 0 Å². The lowest BCUT2D eigenvalue weighted by Gasteiger charge is -2.32. The molecular formula is C7H12O5. The fourth-order valence-corrected chi connectivity index (χ4v) is 1.33. The van der Waals surface area contributed by atoms with Gasteiger partial charge < -0.3 is 20.4 Å². The van der Waals surface area contributed by atoms with Crippen molar-refractivity contribution in [3.05, 3.63) is 0 Å². The zero-order valence-electron chi connectivity index (χ0n) is 6.42. The molecule has 0 radical (unpaired) electrons. The fraction of sp³-hybridized carbons (Fsp3) is 0.857. The van der Waals surface area contributed by atoms with Crippen molar-refractivity contribution < 1.29 is 25.2 Å². The number of hydrogen-bond donors (Lipinski definition) is 4. The van der Waals surface area contributed by atoms with E-state index in [1.54, 1.807) is 0 Å². The Bertz CT molecular complexity index is 179. The van der Waals surface area contributed by atoms with Crippen LogP contribution in [0.15, 0.2) is 0 Å². The summed E-state index contributed by atoms with van der Waals surface area (Å²) in [4.78, 5) is 10.9. The summed E-state index contributed by atoms with van der Waals surface area (Å²) in [5.41, 5.74) is 0. The number of carbonyl (C=O) groups excluding carboxylic acids is 1. The molecule has 5 heteroatoms. The van der Waals surface area contributed by atoms with Crippen LogP contribution in [0.1, 0.15) is 6.42 Å². The van der Waals surface area contributed by atoms with Crippen molar-refractivity contribution in [1.82, 2.24) is 0 Å². The van der Waals surface area contributed by atoms with E-state index in [4.69, 9.17) is 15.3 Å². The standard InChI is InChI=1S/C7H12O5/c8-2-3-1-4(9)6(11)7(12)5(3)10/h3,5-8,10-12H,1-2H2/t3-,5+,6-,7-/m1/s1. The van der Waals surface area contributed by atoms with Gasteiger partial charge >= 0.3 is 0 Å². The van der Waals surface area contributed by atoms with E-state index in [1.165, 1.54) is 0 Å². The van der Waals surface area contributed by atoms with Gasteiger partial charge in [0.2, 0.25) is 0 Å². The van der Waals surface area contributed by atoms with Crippen LogP contribution in [0.2, 0.25) is 0 Å². The van der Waals surface area contributed by atoms with E-state index in [2.05, 4.69) is 0 Å². The molecule has 0 aromatic rings. The third-order valence-electron chi connectivity index (χ3n) is 2.18. The van der Waals surface area contributed by atoms with Crippen molar-refractivity contribution in [2.75, 3.05) is 6.61 Å². The van der Waals surface area contributed by atoms with Gasteiger partial charge in [-0.1, -0.05) is 0 Å². The molecule has 1 saturated carbocycles. The van der Waals surface area contributed by atoms with E-state index in [1.807, 2.05) is 0 Å². The van der Waals surface area contributed by atoms with Crippen LogP contribution >= 0.6 is 0 Å². The predicted octanol–water partition coefficient (Wildman–Crippen LogP) is -2.35. The summed E-state index contributed by atoms with van der Waals surface area (Å²) >= 11 is 0. The molecule has 0 aromatic carbocycles. The van der Waals surface area contributed by atoms with Crippen molar-refractivity contribution >= 4 is 5.78 Å². The molecule has 4 N–H and O–H groups in total. The van der Waals surface area contributed by atoms with Gasteiger partial charge in [-0.15, -0.1) is 0 Å². The maximum atomic E-state index is 10.9. The molecule has 0 aliphatic heterocycles. The summed E-state index contributed by atoms with van der Waals surface area (Å²) in [5, 5.41) is 36.0. The number of ketones is 1. The topological polar surface area (TPSA) is 98.0 Å². The number of aliphatic hydroxyl groups excluding tert-OH is 4. The first-order valence-electron chi connectivity index (χ1n) is 3.75. The molecule has 12 heavy (non-hydrogen) atoms. The van der Waals surface area contributed by atoms with Gasteiger partial charge in [0.05, 0.1) is 6.10 Å². The molecule has 5 nitrogen and oxygen atoms in total. The minimum atomic E-state index is -1.51. The Morgan fingerprint density at radius 3 is 2.33 bits per heavy atom. The normalized spacial score (nSPS) is 43.2. The molecule has 0 spiro atoms. The highest BCUT2D eigenvalue weighted by Crippen LogP contribution is 2.22. The lowest BCUT2D eigenvalue weighted by atomic mass is 9.82. The second-order valence-corrected chi connectivity index (χ2v) is 3.04. The van der Waals surface area contributed by atoms with Crippen molar-refractivity contribution in [2.45, 2.75) is 24.7 Å². The highest BCUT2D eigenvalue weighted by molar-refractivity contribution is 5.84. The summed E-state index contributed by atoms with van der Waals surface area (Å²) in [6.45, 7) is -0.364. The Morgan fingerprint density at radius 1 is 1.25 bits per heavy atom. The largest absolute Gasteiger partial charge is 0.396 e. The van der Waals surface area contributed by atoms with E-state index in [0.29, 0.717) is 0 Å². The molecule has 1 rings (SSSR count). The van der Waals surface area contributed by atoms with Crippen LogP contribution in [-0.4, -0.2) is 51.1 Å². The SMILES string of the molecule is O=C1C[C@H](CO)[C@H](O)[C@@H](O)[C@@H]1O. The molecule has 70 valence electrons. The van der Waals surface area contributed by atoms with Crippen LogP contribution in [0.25, 0.3) is 0 Å². The molecular weight excluding hydrogens is 164 g/mol. The average Bonchev–Trinajstić information content (AvgIpc) is 2.08. The molecule has 4 atom stereocenters. The second-order valence-electron chi connectivity index (χ2n) is 3.04. The lowest BCUT2D eigenvalue weighted by Crippen LogP contribution is -2.52. The molecule has 0 heterocycles. The minimum absolute atomic E-state index is 0.0874. The summed E-state index contributed by atoms with van der Waals surface area (Å²) in [6.07, 6.45) is -4.29. The number of carbonyl (C=O) groups is 1. The Kier molecular flexibility index (Phi) is 2.79.